The zero-order valence-electron chi connectivity index (χ0n) is 14.7. The summed E-state index contributed by atoms with van der Waals surface area (Å²) in [6, 6.07) is 10.3. The molecule has 3 aliphatic heterocycles. The molecule has 3 saturated heterocycles. The van der Waals surface area contributed by atoms with Gasteiger partial charge in [0.25, 0.3) is 0 Å². The van der Waals surface area contributed by atoms with Crippen LogP contribution in [0.5, 0.6) is 0 Å². The fourth-order valence-corrected chi connectivity index (χ4v) is 4.43. The highest BCUT2D eigenvalue weighted by atomic mass is 19.1. The molecule has 26 heavy (non-hydrogen) atoms. The van der Waals surface area contributed by atoms with E-state index in [2.05, 4.69) is 33.5 Å². The summed E-state index contributed by atoms with van der Waals surface area (Å²) in [5, 5.41) is 10.4. The average molecular weight is 362 g/mol. The summed E-state index contributed by atoms with van der Waals surface area (Å²) in [6.45, 7) is 2.18. The van der Waals surface area contributed by atoms with Gasteiger partial charge in [0.15, 0.2) is 6.17 Å². The van der Waals surface area contributed by atoms with E-state index >= 15 is 0 Å². The fourth-order valence-electron chi connectivity index (χ4n) is 4.43. The molecule has 1 aromatic rings. The van der Waals surface area contributed by atoms with Gasteiger partial charge < -0.3 is 26.8 Å². The third-order valence-electron chi connectivity index (χ3n) is 5.73. The lowest BCUT2D eigenvalue weighted by Gasteiger charge is -2.37. The van der Waals surface area contributed by atoms with Crippen LogP contribution in [0.15, 0.2) is 30.3 Å². The monoisotopic (exact) mass is 362 g/mol. The van der Waals surface area contributed by atoms with Gasteiger partial charge in [-0.15, -0.1) is 0 Å². The highest BCUT2D eigenvalue weighted by Gasteiger charge is 2.45. The van der Waals surface area contributed by atoms with Crippen LogP contribution in [0.4, 0.5) is 4.39 Å². The van der Waals surface area contributed by atoms with E-state index in [1.165, 1.54) is 5.56 Å². The van der Waals surface area contributed by atoms with E-state index in [9.17, 15) is 9.18 Å². The first-order chi connectivity index (χ1) is 12.6. The van der Waals surface area contributed by atoms with Gasteiger partial charge in [-0.25, -0.2) is 4.39 Å². The standard InChI is InChI=1S/C18H27FN6O/c19-12-8-22-17-15(16(20)24-25(17)10-12)18(26)23-14-9-21-7-6-13(14)11-4-2-1-3-5-11/h1-5,12-17,21-22,25H,6-10,20H2,(H,23,26). The van der Waals surface area contributed by atoms with Gasteiger partial charge >= 0.3 is 0 Å². The Bertz CT molecular complexity index is 631. The van der Waals surface area contributed by atoms with Crippen LogP contribution >= 0.6 is 0 Å². The molecule has 4 rings (SSSR count). The summed E-state index contributed by atoms with van der Waals surface area (Å²) < 4.78 is 13.6. The zero-order valence-corrected chi connectivity index (χ0v) is 14.7. The molecule has 3 heterocycles. The van der Waals surface area contributed by atoms with Gasteiger partial charge in [0.05, 0.1) is 0 Å². The van der Waals surface area contributed by atoms with Gasteiger partial charge in [0.1, 0.15) is 18.6 Å². The number of nitrogens with one attached hydrogen (secondary N) is 4. The van der Waals surface area contributed by atoms with Gasteiger partial charge in [0.2, 0.25) is 5.91 Å². The second-order valence-electron chi connectivity index (χ2n) is 7.45. The Morgan fingerprint density at radius 3 is 2.92 bits per heavy atom. The lowest BCUT2D eigenvalue weighted by atomic mass is 9.85. The average Bonchev–Trinajstić information content (AvgIpc) is 2.97. The third kappa shape index (κ3) is 3.47. The molecule has 3 fully saturated rings. The predicted molar refractivity (Wildman–Crippen MR) is 95.9 cm³/mol. The third-order valence-corrected chi connectivity index (χ3v) is 5.73. The maximum absolute atomic E-state index is 13.6. The molecule has 0 aromatic heterocycles. The first kappa shape index (κ1) is 17.8. The lowest BCUT2D eigenvalue weighted by molar-refractivity contribution is -0.891. The first-order valence-electron chi connectivity index (χ1n) is 9.39. The number of amides is 1. The minimum atomic E-state index is -0.955. The lowest BCUT2D eigenvalue weighted by Crippen LogP contribution is -3.15. The highest BCUT2D eigenvalue weighted by molar-refractivity contribution is 5.81. The maximum atomic E-state index is 13.6. The van der Waals surface area contributed by atoms with Crippen LogP contribution in [0.3, 0.4) is 0 Å². The number of nitrogens with two attached hydrogens (primary N) is 1. The van der Waals surface area contributed by atoms with E-state index in [1.807, 2.05) is 18.2 Å². The van der Waals surface area contributed by atoms with Crippen molar-refractivity contribution in [2.45, 2.75) is 36.9 Å². The Kier molecular flexibility index (Phi) is 5.19. The van der Waals surface area contributed by atoms with Crippen LogP contribution in [0.1, 0.15) is 17.9 Å². The molecule has 7 atom stereocenters. The molecule has 0 bridgehead atoms. The topological polar surface area (TPSA) is 97.7 Å². The molecule has 0 spiro atoms. The van der Waals surface area contributed by atoms with Crippen molar-refractivity contribution < 1.29 is 14.2 Å². The molecule has 8 heteroatoms. The van der Waals surface area contributed by atoms with Crippen molar-refractivity contribution in [2.75, 3.05) is 26.2 Å². The van der Waals surface area contributed by atoms with Crippen LogP contribution in [0.2, 0.25) is 0 Å². The Hall–Kier alpha value is -1.58. The van der Waals surface area contributed by atoms with E-state index < -0.39 is 18.3 Å². The number of hydrogen-bond donors (Lipinski definition) is 5. The molecule has 142 valence electrons. The number of benzene rings is 1. The quantitative estimate of drug-likeness (QED) is 0.457. The van der Waals surface area contributed by atoms with Crippen molar-refractivity contribution in [2.24, 2.45) is 11.7 Å². The second-order valence-corrected chi connectivity index (χ2v) is 7.45. The van der Waals surface area contributed by atoms with Crippen LogP contribution < -0.4 is 26.7 Å². The van der Waals surface area contributed by atoms with Crippen LogP contribution in [0.25, 0.3) is 5.43 Å². The first-order valence-corrected chi connectivity index (χ1v) is 9.39. The number of rotatable bonds is 3. The number of carbonyl (C=O) groups excluding carboxylic acids is 1. The van der Waals surface area contributed by atoms with Gasteiger partial charge in [-0.05, 0) is 24.7 Å². The zero-order chi connectivity index (χ0) is 18.1. The van der Waals surface area contributed by atoms with Gasteiger partial charge in [0, 0.05) is 25.0 Å². The number of nitrogens with zero attached hydrogens (tertiary/aromatic N) is 1. The molecule has 0 radical (unpaired) electrons. The number of quaternary nitrogens is 1. The second kappa shape index (κ2) is 7.58. The van der Waals surface area contributed by atoms with E-state index in [1.54, 1.807) is 0 Å². The Balaban J connectivity index is 1.46. The van der Waals surface area contributed by atoms with Crippen molar-refractivity contribution in [3.8, 4) is 0 Å². The minimum absolute atomic E-state index is 0.00686. The molecule has 0 aliphatic carbocycles. The Morgan fingerprint density at radius 2 is 2.12 bits per heavy atom. The number of piperidine rings is 1. The summed E-state index contributed by atoms with van der Waals surface area (Å²) in [6.07, 6.45) is -0.842. The SMILES string of the molecule is NC1[N-][NH+]2CC(F)CNC2C1C(=O)NC1CNCCC1c1ccccc1. The van der Waals surface area contributed by atoms with E-state index in [0.717, 1.165) is 19.5 Å². The largest absolute Gasteiger partial charge is 0.436 e. The molecular weight excluding hydrogens is 335 g/mol. The summed E-state index contributed by atoms with van der Waals surface area (Å²) in [5.74, 6) is -0.300. The van der Waals surface area contributed by atoms with Gasteiger partial charge in [-0.1, -0.05) is 30.3 Å². The van der Waals surface area contributed by atoms with Crippen LogP contribution in [-0.2, 0) is 4.79 Å². The summed E-state index contributed by atoms with van der Waals surface area (Å²) in [7, 11) is 0. The number of alkyl halides is 1. The summed E-state index contributed by atoms with van der Waals surface area (Å²) in [5.41, 5.74) is 11.7. The van der Waals surface area contributed by atoms with E-state index in [0.29, 0.717) is 5.01 Å². The predicted octanol–water partition coefficient (Wildman–Crippen LogP) is -1.40. The number of halogens is 1. The van der Waals surface area contributed by atoms with Crippen LogP contribution in [-0.4, -0.2) is 56.6 Å². The number of fused-ring (bicyclic) bond motifs is 1. The smallest absolute Gasteiger partial charge is 0.230 e. The van der Waals surface area contributed by atoms with E-state index in [4.69, 9.17) is 5.73 Å². The molecule has 3 aliphatic rings. The molecule has 1 aromatic carbocycles. The maximum Gasteiger partial charge on any atom is 0.230 e. The molecule has 6 N–H and O–H groups in total. The minimum Gasteiger partial charge on any atom is -0.436 e. The summed E-state index contributed by atoms with van der Waals surface area (Å²) >= 11 is 0. The number of hydrogen-bond acceptors (Lipinski definition) is 4. The van der Waals surface area contributed by atoms with Gasteiger partial charge in [-0.3, -0.25) is 10.1 Å². The molecular formula is C18H27FN6O. The molecule has 7 unspecified atom stereocenters. The van der Waals surface area contributed by atoms with Gasteiger partial charge in [-0.2, -0.15) is 0 Å². The molecule has 1 amide bonds. The Labute approximate surface area is 152 Å². The summed E-state index contributed by atoms with van der Waals surface area (Å²) in [4.78, 5) is 13.0. The van der Waals surface area contributed by atoms with Crippen molar-refractivity contribution in [1.29, 1.82) is 0 Å². The van der Waals surface area contributed by atoms with Crippen molar-refractivity contribution in [3.05, 3.63) is 41.3 Å². The number of carbonyl (C=O) groups is 1. The molecule has 7 nitrogen and oxygen atoms in total. The fraction of sp³-hybridized carbons (Fsp3) is 0.611. The highest BCUT2D eigenvalue weighted by Crippen LogP contribution is 2.26. The van der Waals surface area contributed by atoms with E-state index in [-0.39, 0.29) is 37.1 Å². The van der Waals surface area contributed by atoms with Crippen molar-refractivity contribution >= 4 is 5.91 Å². The molecule has 0 saturated carbocycles. The Morgan fingerprint density at radius 1 is 1.31 bits per heavy atom. The van der Waals surface area contributed by atoms with Crippen molar-refractivity contribution in [3.63, 3.8) is 0 Å². The normalized spacial score (nSPS) is 40.0. The van der Waals surface area contributed by atoms with Crippen molar-refractivity contribution in [1.82, 2.24) is 16.0 Å². The van der Waals surface area contributed by atoms with Crippen LogP contribution in [0, 0.1) is 5.92 Å².